The Labute approximate surface area is 158 Å². The van der Waals surface area contributed by atoms with Crippen molar-refractivity contribution in [1.82, 2.24) is 9.62 Å². The van der Waals surface area contributed by atoms with Crippen molar-refractivity contribution in [3.05, 3.63) is 17.5 Å². The van der Waals surface area contributed by atoms with Crippen LogP contribution >= 0.6 is 11.3 Å². The summed E-state index contributed by atoms with van der Waals surface area (Å²) in [5, 5.41) is 4.50. The van der Waals surface area contributed by atoms with Gasteiger partial charge < -0.3 is 10.1 Å². The van der Waals surface area contributed by atoms with Gasteiger partial charge in [-0.05, 0) is 37.1 Å². The van der Waals surface area contributed by atoms with Crippen LogP contribution in [0.1, 0.15) is 33.6 Å². The lowest BCUT2D eigenvalue weighted by Crippen LogP contribution is -2.42. The van der Waals surface area contributed by atoms with E-state index >= 15 is 0 Å². The van der Waals surface area contributed by atoms with Crippen molar-refractivity contribution >= 4 is 33.2 Å². The molecule has 2 heterocycles. The Morgan fingerprint density at radius 3 is 2.50 bits per heavy atom. The molecule has 0 unspecified atom stereocenters. The molecule has 1 amide bonds. The largest absolute Gasteiger partial charge is 0.455 e. The van der Waals surface area contributed by atoms with Crippen LogP contribution in [0.5, 0.6) is 0 Å². The van der Waals surface area contributed by atoms with Crippen molar-refractivity contribution in [1.29, 1.82) is 0 Å². The van der Waals surface area contributed by atoms with Gasteiger partial charge in [0.2, 0.25) is 0 Å². The number of hydrogen-bond acceptors (Lipinski definition) is 6. The molecule has 0 saturated carbocycles. The maximum absolute atomic E-state index is 12.5. The maximum atomic E-state index is 12.5. The third-order valence-corrected chi connectivity index (χ3v) is 7.88. The quantitative estimate of drug-likeness (QED) is 0.703. The van der Waals surface area contributed by atoms with E-state index < -0.39 is 16.0 Å². The zero-order valence-electron chi connectivity index (χ0n) is 15.3. The molecule has 1 aromatic heterocycles. The smallest absolute Gasteiger partial charge is 0.309 e. The normalized spacial score (nSPS) is 17.8. The van der Waals surface area contributed by atoms with Crippen LogP contribution in [-0.4, -0.2) is 50.3 Å². The van der Waals surface area contributed by atoms with Gasteiger partial charge in [0, 0.05) is 19.1 Å². The summed E-state index contributed by atoms with van der Waals surface area (Å²) < 4.78 is 31.7. The zero-order chi connectivity index (χ0) is 19.3. The minimum atomic E-state index is -3.48. The first kappa shape index (κ1) is 20.9. The Kier molecular flexibility index (Phi) is 7.19. The Bertz CT molecular complexity index is 708. The lowest BCUT2D eigenvalue weighted by atomic mass is 9.98. The first-order valence-corrected chi connectivity index (χ1v) is 11.0. The predicted octanol–water partition coefficient (Wildman–Crippen LogP) is 1.85. The first-order valence-electron chi connectivity index (χ1n) is 8.71. The Morgan fingerprint density at radius 2 is 1.96 bits per heavy atom. The summed E-state index contributed by atoms with van der Waals surface area (Å²) >= 11 is 1.18. The summed E-state index contributed by atoms with van der Waals surface area (Å²) in [6.45, 7) is 6.13. The molecule has 1 N–H and O–H groups in total. The number of sulfonamides is 1. The standard InChI is InChI=1S/C17H26N2O5S2/c1-12(2)13(3)18-15(20)11-24-17(21)14-6-8-19(9-7-14)26(22,23)16-5-4-10-25-16/h4-5,10,12-14H,6-9,11H2,1-3H3,(H,18,20)/t13-/m1/s1. The molecule has 0 aromatic carbocycles. The van der Waals surface area contributed by atoms with E-state index in [2.05, 4.69) is 5.32 Å². The average Bonchev–Trinajstić information content (AvgIpc) is 3.15. The zero-order valence-corrected chi connectivity index (χ0v) is 16.9. The van der Waals surface area contributed by atoms with Gasteiger partial charge in [0.1, 0.15) is 4.21 Å². The number of nitrogens with zero attached hydrogens (tertiary/aromatic N) is 1. The third-order valence-electron chi connectivity index (χ3n) is 4.61. The van der Waals surface area contributed by atoms with Crippen LogP contribution in [0.2, 0.25) is 0 Å². The molecule has 2 rings (SSSR count). The van der Waals surface area contributed by atoms with Gasteiger partial charge in [-0.1, -0.05) is 19.9 Å². The van der Waals surface area contributed by atoms with E-state index in [4.69, 9.17) is 4.74 Å². The van der Waals surface area contributed by atoms with Gasteiger partial charge in [0.15, 0.2) is 6.61 Å². The fourth-order valence-electron chi connectivity index (χ4n) is 2.59. The number of carbonyl (C=O) groups is 2. The van der Waals surface area contributed by atoms with Crippen molar-refractivity contribution in [2.24, 2.45) is 11.8 Å². The van der Waals surface area contributed by atoms with Gasteiger partial charge >= 0.3 is 5.97 Å². The highest BCUT2D eigenvalue weighted by atomic mass is 32.2. The van der Waals surface area contributed by atoms with Crippen molar-refractivity contribution in [2.45, 2.75) is 43.9 Å². The van der Waals surface area contributed by atoms with Crippen LogP contribution in [-0.2, 0) is 24.3 Å². The van der Waals surface area contributed by atoms with Crippen LogP contribution in [0.4, 0.5) is 0 Å². The second-order valence-electron chi connectivity index (χ2n) is 6.82. The summed E-state index contributed by atoms with van der Waals surface area (Å²) in [5.41, 5.74) is 0. The summed E-state index contributed by atoms with van der Waals surface area (Å²) in [4.78, 5) is 23.9. The Balaban J connectivity index is 1.79. The van der Waals surface area contributed by atoms with Gasteiger partial charge in [-0.3, -0.25) is 9.59 Å². The highest BCUT2D eigenvalue weighted by Crippen LogP contribution is 2.26. The summed E-state index contributed by atoms with van der Waals surface area (Å²) in [6.07, 6.45) is 0.793. The summed E-state index contributed by atoms with van der Waals surface area (Å²) in [7, 11) is -3.48. The Morgan fingerprint density at radius 1 is 1.31 bits per heavy atom. The average molecular weight is 403 g/mol. The molecule has 0 radical (unpaired) electrons. The van der Waals surface area contributed by atoms with Gasteiger partial charge in [-0.2, -0.15) is 4.31 Å². The van der Waals surface area contributed by atoms with Crippen molar-refractivity contribution < 1.29 is 22.7 Å². The van der Waals surface area contributed by atoms with Crippen molar-refractivity contribution in [3.63, 3.8) is 0 Å². The van der Waals surface area contributed by atoms with Crippen LogP contribution in [0.3, 0.4) is 0 Å². The number of amides is 1. The predicted molar refractivity (Wildman–Crippen MR) is 99.2 cm³/mol. The molecule has 1 aliphatic heterocycles. The molecule has 1 saturated heterocycles. The highest BCUT2D eigenvalue weighted by Gasteiger charge is 2.33. The van der Waals surface area contributed by atoms with Crippen molar-refractivity contribution in [2.75, 3.05) is 19.7 Å². The second-order valence-corrected chi connectivity index (χ2v) is 9.93. The summed E-state index contributed by atoms with van der Waals surface area (Å²) in [6, 6.07) is 3.29. The molecule has 1 atom stereocenters. The van der Waals surface area contributed by atoms with Crippen LogP contribution in [0, 0.1) is 11.8 Å². The fourth-order valence-corrected chi connectivity index (χ4v) is 5.20. The highest BCUT2D eigenvalue weighted by molar-refractivity contribution is 7.91. The number of ether oxygens (including phenoxy) is 1. The molecule has 7 nitrogen and oxygen atoms in total. The molecule has 26 heavy (non-hydrogen) atoms. The van der Waals surface area contributed by atoms with Crippen molar-refractivity contribution in [3.8, 4) is 0 Å². The number of piperidine rings is 1. The van der Waals surface area contributed by atoms with E-state index in [9.17, 15) is 18.0 Å². The molecule has 1 aromatic rings. The topological polar surface area (TPSA) is 92.8 Å². The van der Waals surface area contributed by atoms with Crippen LogP contribution < -0.4 is 5.32 Å². The van der Waals surface area contributed by atoms with E-state index in [1.807, 2.05) is 20.8 Å². The summed E-state index contributed by atoms with van der Waals surface area (Å²) in [5.74, 6) is -0.841. The molecular weight excluding hydrogens is 376 g/mol. The molecule has 0 aliphatic carbocycles. The molecule has 146 valence electrons. The fraction of sp³-hybridized carbons (Fsp3) is 0.647. The number of nitrogens with one attached hydrogen (secondary N) is 1. The number of rotatable bonds is 7. The lowest BCUT2D eigenvalue weighted by molar-refractivity contribution is -0.153. The SMILES string of the molecule is CC(C)[C@@H](C)NC(=O)COC(=O)C1CCN(S(=O)(=O)c2cccs2)CC1. The van der Waals surface area contributed by atoms with E-state index in [1.54, 1.807) is 17.5 Å². The molecular formula is C17H26N2O5S2. The van der Waals surface area contributed by atoms with Crippen LogP contribution in [0.25, 0.3) is 0 Å². The molecule has 1 aliphatic rings. The number of carbonyl (C=O) groups excluding carboxylic acids is 2. The molecule has 0 bridgehead atoms. The van der Waals surface area contributed by atoms with E-state index in [1.165, 1.54) is 15.6 Å². The van der Waals surface area contributed by atoms with Gasteiger partial charge in [-0.15, -0.1) is 11.3 Å². The van der Waals surface area contributed by atoms with Gasteiger partial charge in [0.25, 0.3) is 15.9 Å². The number of hydrogen-bond donors (Lipinski definition) is 1. The van der Waals surface area contributed by atoms with E-state index in [-0.39, 0.29) is 37.6 Å². The third kappa shape index (κ3) is 5.28. The minimum absolute atomic E-state index is 0.00639. The number of thiophene rings is 1. The molecule has 0 spiro atoms. The lowest BCUT2D eigenvalue weighted by Gasteiger charge is -2.29. The van der Waals surface area contributed by atoms with E-state index in [0.717, 1.165) is 0 Å². The first-order chi connectivity index (χ1) is 12.2. The minimum Gasteiger partial charge on any atom is -0.455 e. The monoisotopic (exact) mass is 402 g/mol. The maximum Gasteiger partial charge on any atom is 0.309 e. The number of esters is 1. The van der Waals surface area contributed by atoms with E-state index in [0.29, 0.717) is 23.0 Å². The van der Waals surface area contributed by atoms with Gasteiger partial charge in [-0.25, -0.2) is 8.42 Å². The molecule has 1 fully saturated rings. The second kappa shape index (κ2) is 8.96. The van der Waals surface area contributed by atoms with Gasteiger partial charge in [0.05, 0.1) is 5.92 Å². The molecule has 9 heteroatoms. The Hall–Kier alpha value is -1.45. The van der Waals surface area contributed by atoms with Crippen LogP contribution in [0.15, 0.2) is 21.7 Å².